The molecule has 0 atom stereocenters. The molecule has 4 nitrogen and oxygen atoms in total. The molecule has 0 aliphatic heterocycles. The van der Waals surface area contributed by atoms with E-state index in [1.807, 2.05) is 13.8 Å². The normalized spacial score (nSPS) is 4.71. The summed E-state index contributed by atoms with van der Waals surface area (Å²) >= 11 is 0. The van der Waals surface area contributed by atoms with Crippen LogP contribution < -0.4 is 10.6 Å². The van der Waals surface area contributed by atoms with Crippen LogP contribution in [-0.2, 0) is 9.59 Å². The van der Waals surface area contributed by atoms with Gasteiger partial charge in [0.1, 0.15) is 0 Å². The molecule has 0 rings (SSSR count). The maximum atomic E-state index is 9.17. The Morgan fingerprint density at radius 2 is 1.21 bits per heavy atom. The Labute approximate surface area is 135 Å². The van der Waals surface area contributed by atoms with Gasteiger partial charge in [-0.2, -0.15) is 12.8 Å². The van der Waals surface area contributed by atoms with Gasteiger partial charge in [0.2, 0.25) is 0 Å². The van der Waals surface area contributed by atoms with Crippen molar-refractivity contribution in [2.45, 2.75) is 21.3 Å². The fourth-order valence-electron chi connectivity index (χ4n) is 0.144. The average Bonchev–Trinajstić information content (AvgIpc) is 1.93. The molecule has 2 N–H and O–H groups in total. The molecule has 6 heteroatoms. The molecule has 0 heterocycles. The van der Waals surface area contributed by atoms with E-state index in [1.165, 1.54) is 12.8 Å². The van der Waals surface area contributed by atoms with Gasteiger partial charge in [-0.1, -0.05) is 21.3 Å². The van der Waals surface area contributed by atoms with Crippen LogP contribution in [0.2, 0.25) is 0 Å². The van der Waals surface area contributed by atoms with Crippen molar-refractivity contribution in [2.24, 2.45) is 0 Å². The Morgan fingerprint density at radius 3 is 1.21 bits per heavy atom. The fraction of sp³-hybridized carbons (Fsp3) is 0.625. The van der Waals surface area contributed by atoms with E-state index in [2.05, 4.69) is 10.6 Å². The van der Waals surface area contributed by atoms with Gasteiger partial charge in [-0.15, -0.1) is 0 Å². The van der Waals surface area contributed by atoms with Crippen LogP contribution >= 0.6 is 0 Å². The number of nitrogens with one attached hydrogen (secondary N) is 2. The second kappa shape index (κ2) is 48.2. The van der Waals surface area contributed by atoms with Crippen LogP contribution in [0.25, 0.3) is 0 Å². The van der Waals surface area contributed by atoms with Gasteiger partial charge < -0.3 is 27.6 Å². The van der Waals surface area contributed by atoms with Crippen molar-refractivity contribution in [3.8, 4) is 0 Å². The van der Waals surface area contributed by atoms with Gasteiger partial charge in [0.05, 0.1) is 0 Å². The molecule has 2 amide bonds. The SMILES string of the molecule is C.CCN[C-]=O.CCN[C-]=O.[CH3-].[U+2].[U]. The standard InChI is InChI=1S/2C3H6NO.CH4.CH3.2U/c2*1-2-4-3-5;;;;/h2*2H2,1H3,(H,4,5);1H4;1H3;;/q2*-1;;-1;;+2. The molecule has 0 saturated carbocycles. The molecule has 14 heavy (non-hydrogen) atoms. The predicted octanol–water partition coefficient (Wildman–Crippen LogP) is 0.413. The quantitative estimate of drug-likeness (QED) is 0.342. The first-order valence-electron chi connectivity index (χ1n) is 3.03. The zero-order valence-corrected chi connectivity index (χ0v) is 16.6. The first-order valence-corrected chi connectivity index (χ1v) is 3.03. The van der Waals surface area contributed by atoms with Crippen LogP contribution in [0.3, 0.4) is 0 Å². The minimum atomic E-state index is 0. The summed E-state index contributed by atoms with van der Waals surface area (Å²) in [5.74, 6) is 0. The van der Waals surface area contributed by atoms with Crippen LogP contribution in [0.1, 0.15) is 21.3 Å². The molecule has 0 aliphatic rings. The van der Waals surface area contributed by atoms with Gasteiger partial charge in [0, 0.05) is 31.1 Å². The van der Waals surface area contributed by atoms with Crippen molar-refractivity contribution >= 4 is 12.8 Å². The van der Waals surface area contributed by atoms with Crippen molar-refractivity contribution in [3.63, 3.8) is 0 Å². The summed E-state index contributed by atoms with van der Waals surface area (Å²) in [6.45, 7) is 5.02. The van der Waals surface area contributed by atoms with E-state index in [0.29, 0.717) is 13.1 Å². The second-order valence-corrected chi connectivity index (χ2v) is 1.26. The first kappa shape index (κ1) is 36.3. The van der Waals surface area contributed by atoms with Crippen LogP contribution in [-0.4, -0.2) is 25.9 Å². The molecule has 0 spiro atoms. The van der Waals surface area contributed by atoms with E-state index < -0.39 is 0 Å². The van der Waals surface area contributed by atoms with Crippen molar-refractivity contribution in [1.82, 2.24) is 10.6 Å². The smallest absolute Gasteiger partial charge is 0.530 e. The van der Waals surface area contributed by atoms with E-state index in [-0.39, 0.29) is 77.1 Å². The average molecular weight is 651 g/mol. The monoisotopic (exact) mass is 651 g/mol. The Balaban J connectivity index is -0.0000000178. The van der Waals surface area contributed by atoms with Gasteiger partial charge >= 0.3 is 31.1 Å². The number of hydrogen-bond acceptors (Lipinski definition) is 2. The molecule has 0 aromatic rings. The summed E-state index contributed by atoms with van der Waals surface area (Å²) in [7, 11) is 0. The zero-order valence-electron chi connectivity index (χ0n) is 8.23. The van der Waals surface area contributed by atoms with Gasteiger partial charge in [-0.25, -0.2) is 0 Å². The molecule has 0 unspecified atom stereocenters. The molecule has 0 aliphatic carbocycles. The summed E-state index contributed by atoms with van der Waals surface area (Å²) in [5.41, 5.74) is 0. The Bertz CT molecular complexity index is 75.7. The van der Waals surface area contributed by atoms with E-state index in [1.54, 1.807) is 0 Å². The summed E-state index contributed by atoms with van der Waals surface area (Å²) in [4.78, 5) is 18.3. The largest absolute Gasteiger partial charge is 2.00 e. The third kappa shape index (κ3) is 74.4. The van der Waals surface area contributed by atoms with Gasteiger partial charge in [0.25, 0.3) is 0 Å². The molecule has 0 bridgehead atoms. The summed E-state index contributed by atoms with van der Waals surface area (Å²) < 4.78 is 0. The van der Waals surface area contributed by atoms with E-state index in [0.717, 1.165) is 0 Å². The Kier molecular flexibility index (Phi) is 125. The van der Waals surface area contributed by atoms with Crippen molar-refractivity contribution in [2.75, 3.05) is 13.1 Å². The van der Waals surface area contributed by atoms with Gasteiger partial charge in [-0.05, 0) is 13.1 Å². The van der Waals surface area contributed by atoms with Crippen molar-refractivity contribution in [1.29, 1.82) is 0 Å². The molecule has 0 aromatic heterocycles. The molecular formula is C8H19N2O2U2-. The number of rotatable bonds is 4. The minimum Gasteiger partial charge on any atom is -0.530 e. The van der Waals surface area contributed by atoms with Crippen molar-refractivity contribution in [3.05, 3.63) is 7.43 Å². The minimum absolute atomic E-state index is 0. The first-order chi connectivity index (χ1) is 4.83. The Morgan fingerprint density at radius 1 is 1.00 bits per heavy atom. The van der Waals surface area contributed by atoms with Crippen LogP contribution in [0.4, 0.5) is 0 Å². The second-order valence-electron chi connectivity index (χ2n) is 1.26. The van der Waals surface area contributed by atoms with E-state index in [9.17, 15) is 0 Å². The van der Waals surface area contributed by atoms with Gasteiger partial charge in [-0.3, -0.25) is 0 Å². The maximum absolute atomic E-state index is 9.17. The molecule has 0 fully saturated rings. The predicted molar refractivity (Wildman–Crippen MR) is 51.9 cm³/mol. The number of hydrogen-bond donors (Lipinski definition) is 2. The molecular weight excluding hydrogens is 632 g/mol. The van der Waals surface area contributed by atoms with Crippen LogP contribution in [0.5, 0.6) is 0 Å². The van der Waals surface area contributed by atoms with E-state index >= 15 is 0 Å². The third-order valence-corrected chi connectivity index (χ3v) is 0.498. The van der Waals surface area contributed by atoms with Crippen LogP contribution in [0, 0.1) is 69.7 Å². The molecule has 0 aromatic carbocycles. The fourth-order valence-corrected chi connectivity index (χ4v) is 0.144. The maximum Gasteiger partial charge on any atom is 2.00 e. The number of amides is 2. The summed E-state index contributed by atoms with van der Waals surface area (Å²) in [6.07, 6.45) is 3.03. The summed E-state index contributed by atoms with van der Waals surface area (Å²) in [6, 6.07) is 0. The topological polar surface area (TPSA) is 58.2 Å². The zero-order chi connectivity index (χ0) is 8.24. The van der Waals surface area contributed by atoms with Gasteiger partial charge in [0.15, 0.2) is 0 Å². The van der Waals surface area contributed by atoms with E-state index in [4.69, 9.17) is 9.59 Å². The van der Waals surface area contributed by atoms with Crippen molar-refractivity contribution < 1.29 is 71.8 Å². The van der Waals surface area contributed by atoms with Crippen LogP contribution in [0.15, 0.2) is 0 Å². The Hall–Kier alpha value is 1.04. The summed E-state index contributed by atoms with van der Waals surface area (Å²) in [5, 5.41) is 4.61. The number of carbonyl (C=O) groups excluding carboxylic acids is 2. The molecule has 0 radical (unpaired) electrons. The molecule has 82 valence electrons. The third-order valence-electron chi connectivity index (χ3n) is 0.498. The molecule has 0 saturated heterocycles.